The van der Waals surface area contributed by atoms with Crippen LogP contribution in [0.2, 0.25) is 5.02 Å². The minimum absolute atomic E-state index is 0.0825. The van der Waals surface area contributed by atoms with Crippen LogP contribution < -0.4 is 4.90 Å². The van der Waals surface area contributed by atoms with Crippen molar-refractivity contribution >= 4 is 50.3 Å². The molecule has 0 N–H and O–H groups in total. The molecule has 4 nitrogen and oxygen atoms in total. The molecule has 0 fully saturated rings. The summed E-state index contributed by atoms with van der Waals surface area (Å²) in [5.74, 6) is -0.0825. The number of nitrogens with zero attached hydrogens (tertiary/aromatic N) is 3. The van der Waals surface area contributed by atoms with Gasteiger partial charge in [0.15, 0.2) is 5.13 Å². The van der Waals surface area contributed by atoms with E-state index < -0.39 is 0 Å². The first-order valence-electron chi connectivity index (χ1n) is 8.28. The molecule has 0 unspecified atom stereocenters. The van der Waals surface area contributed by atoms with Crippen LogP contribution in [0.15, 0.2) is 54.6 Å². The zero-order valence-electron chi connectivity index (χ0n) is 14.7. The minimum Gasteiger partial charge on any atom is -0.308 e. The van der Waals surface area contributed by atoms with E-state index in [0.717, 1.165) is 22.3 Å². The maximum Gasteiger partial charge on any atom is 0.252 e. The standard InChI is InChI=1S/C20H20ClN3OS/c1-23(2)12-13-24(19(25)11-8-15-6-4-3-5-7-15)20-22-17-10-9-16(21)14-18(17)26-20/h3-11,14H,12-13H2,1-2H3/b11-8+. The summed E-state index contributed by atoms with van der Waals surface area (Å²) in [5, 5.41) is 1.36. The Hall–Kier alpha value is -2.21. The molecule has 1 heterocycles. The Labute approximate surface area is 162 Å². The van der Waals surface area contributed by atoms with Crippen molar-refractivity contribution in [2.24, 2.45) is 0 Å². The number of rotatable bonds is 6. The Morgan fingerprint density at radius 3 is 2.65 bits per heavy atom. The molecule has 0 aliphatic carbocycles. The molecule has 2 aromatic carbocycles. The maximum atomic E-state index is 12.8. The zero-order valence-corrected chi connectivity index (χ0v) is 16.3. The highest BCUT2D eigenvalue weighted by Crippen LogP contribution is 2.31. The number of anilines is 1. The predicted molar refractivity (Wildman–Crippen MR) is 111 cm³/mol. The molecular weight excluding hydrogens is 366 g/mol. The van der Waals surface area contributed by atoms with Gasteiger partial charge in [-0.1, -0.05) is 53.3 Å². The second kappa shape index (κ2) is 8.45. The number of carbonyl (C=O) groups is 1. The third-order valence-corrected chi connectivity index (χ3v) is 5.10. The monoisotopic (exact) mass is 385 g/mol. The highest BCUT2D eigenvalue weighted by Gasteiger charge is 2.18. The summed E-state index contributed by atoms with van der Waals surface area (Å²) in [6.45, 7) is 1.32. The van der Waals surface area contributed by atoms with Crippen LogP contribution in [0.4, 0.5) is 5.13 Å². The van der Waals surface area contributed by atoms with Crippen molar-refractivity contribution in [3.05, 3.63) is 65.2 Å². The summed E-state index contributed by atoms with van der Waals surface area (Å²) in [6, 6.07) is 15.4. The second-order valence-electron chi connectivity index (χ2n) is 6.15. The summed E-state index contributed by atoms with van der Waals surface area (Å²) in [6.07, 6.45) is 3.43. The predicted octanol–water partition coefficient (Wildman–Crippen LogP) is 4.56. The van der Waals surface area contributed by atoms with Crippen LogP contribution in [0.5, 0.6) is 0 Å². The molecule has 0 aliphatic heterocycles. The Morgan fingerprint density at radius 1 is 1.15 bits per heavy atom. The van der Waals surface area contributed by atoms with Crippen molar-refractivity contribution in [1.82, 2.24) is 9.88 Å². The molecule has 6 heteroatoms. The first kappa shape index (κ1) is 18.6. The van der Waals surface area contributed by atoms with Gasteiger partial charge in [-0.15, -0.1) is 0 Å². The van der Waals surface area contributed by atoms with E-state index in [1.165, 1.54) is 11.3 Å². The number of hydrogen-bond acceptors (Lipinski definition) is 4. The fraction of sp³-hybridized carbons (Fsp3) is 0.200. The lowest BCUT2D eigenvalue weighted by Gasteiger charge is -2.20. The summed E-state index contributed by atoms with van der Waals surface area (Å²) >= 11 is 7.55. The molecule has 26 heavy (non-hydrogen) atoms. The number of aromatic nitrogens is 1. The van der Waals surface area contributed by atoms with Gasteiger partial charge in [0.2, 0.25) is 0 Å². The van der Waals surface area contributed by atoms with Gasteiger partial charge in [-0.3, -0.25) is 9.69 Å². The molecule has 1 aromatic heterocycles. The highest BCUT2D eigenvalue weighted by molar-refractivity contribution is 7.22. The molecule has 0 radical (unpaired) electrons. The maximum absolute atomic E-state index is 12.8. The molecular formula is C20H20ClN3OS. The summed E-state index contributed by atoms with van der Waals surface area (Å²) in [4.78, 5) is 21.2. The van der Waals surface area contributed by atoms with Crippen LogP contribution in [0.3, 0.4) is 0 Å². The molecule has 0 aliphatic rings. The first-order valence-corrected chi connectivity index (χ1v) is 9.48. The molecule has 3 rings (SSSR count). The Balaban J connectivity index is 1.87. The topological polar surface area (TPSA) is 36.4 Å². The van der Waals surface area contributed by atoms with Gasteiger partial charge in [0, 0.05) is 24.2 Å². The zero-order chi connectivity index (χ0) is 18.5. The molecule has 0 spiro atoms. The van der Waals surface area contributed by atoms with Crippen molar-refractivity contribution in [1.29, 1.82) is 0 Å². The van der Waals surface area contributed by atoms with Gasteiger partial charge in [0.1, 0.15) is 0 Å². The lowest BCUT2D eigenvalue weighted by atomic mass is 10.2. The number of fused-ring (bicyclic) bond motifs is 1. The van der Waals surface area contributed by atoms with Crippen molar-refractivity contribution in [2.75, 3.05) is 32.1 Å². The lowest BCUT2D eigenvalue weighted by Crippen LogP contribution is -2.35. The molecule has 134 valence electrons. The van der Waals surface area contributed by atoms with Gasteiger partial charge in [-0.25, -0.2) is 4.98 Å². The SMILES string of the molecule is CN(C)CCN(C(=O)/C=C/c1ccccc1)c1nc2ccc(Cl)cc2s1. The Bertz CT molecular complexity index is 921. The average Bonchev–Trinajstić information content (AvgIpc) is 3.03. The van der Waals surface area contributed by atoms with Crippen molar-refractivity contribution in [3.63, 3.8) is 0 Å². The highest BCUT2D eigenvalue weighted by atomic mass is 35.5. The molecule has 0 saturated heterocycles. The van der Waals surface area contributed by atoms with E-state index in [2.05, 4.69) is 4.98 Å². The summed E-state index contributed by atoms with van der Waals surface area (Å²) < 4.78 is 0.974. The average molecular weight is 386 g/mol. The van der Waals surface area contributed by atoms with Gasteiger partial charge in [0.05, 0.1) is 10.2 Å². The molecule has 0 saturated carbocycles. The van der Waals surface area contributed by atoms with Gasteiger partial charge in [0.25, 0.3) is 5.91 Å². The van der Waals surface area contributed by atoms with Gasteiger partial charge in [-0.05, 0) is 43.9 Å². The van der Waals surface area contributed by atoms with E-state index in [-0.39, 0.29) is 5.91 Å². The third-order valence-electron chi connectivity index (χ3n) is 3.82. The second-order valence-corrected chi connectivity index (χ2v) is 7.59. The van der Waals surface area contributed by atoms with Gasteiger partial charge in [-0.2, -0.15) is 0 Å². The fourth-order valence-corrected chi connectivity index (χ4v) is 3.70. The molecule has 1 amide bonds. The fourth-order valence-electron chi connectivity index (χ4n) is 2.42. The molecule has 0 bridgehead atoms. The van der Waals surface area contributed by atoms with Gasteiger partial charge >= 0.3 is 0 Å². The van der Waals surface area contributed by atoms with Crippen LogP contribution >= 0.6 is 22.9 Å². The van der Waals surface area contributed by atoms with Gasteiger partial charge < -0.3 is 4.90 Å². The number of carbonyl (C=O) groups excluding carboxylic acids is 1. The number of halogens is 1. The van der Waals surface area contributed by atoms with Crippen LogP contribution in [0.25, 0.3) is 16.3 Å². The van der Waals surface area contributed by atoms with Crippen LogP contribution in [-0.4, -0.2) is 43.0 Å². The largest absolute Gasteiger partial charge is 0.308 e. The quantitative estimate of drug-likeness (QED) is 0.584. The summed E-state index contributed by atoms with van der Waals surface area (Å²) in [7, 11) is 3.97. The number of thiazole rings is 1. The Kier molecular flexibility index (Phi) is 6.04. The van der Waals surface area contributed by atoms with Crippen LogP contribution in [0.1, 0.15) is 5.56 Å². The number of benzene rings is 2. The van der Waals surface area contributed by atoms with Crippen molar-refractivity contribution in [3.8, 4) is 0 Å². The van der Waals surface area contributed by atoms with E-state index in [1.807, 2.05) is 73.6 Å². The number of amides is 1. The number of likely N-dealkylation sites (N-methyl/N-ethyl adjacent to an activating group) is 1. The summed E-state index contributed by atoms with van der Waals surface area (Å²) in [5.41, 5.74) is 1.84. The smallest absolute Gasteiger partial charge is 0.252 e. The minimum atomic E-state index is -0.0825. The van der Waals surface area contributed by atoms with Crippen LogP contribution in [-0.2, 0) is 4.79 Å². The van der Waals surface area contributed by atoms with Crippen molar-refractivity contribution in [2.45, 2.75) is 0 Å². The number of hydrogen-bond donors (Lipinski definition) is 0. The van der Waals surface area contributed by atoms with Crippen LogP contribution in [0, 0.1) is 0 Å². The van der Waals surface area contributed by atoms with Crippen molar-refractivity contribution < 1.29 is 4.79 Å². The van der Waals surface area contributed by atoms with E-state index in [1.54, 1.807) is 11.0 Å². The lowest BCUT2D eigenvalue weighted by molar-refractivity contribution is -0.114. The Morgan fingerprint density at radius 2 is 1.92 bits per heavy atom. The molecule has 0 atom stereocenters. The third kappa shape index (κ3) is 4.69. The van der Waals surface area contributed by atoms with E-state index in [4.69, 9.17) is 11.6 Å². The van der Waals surface area contributed by atoms with E-state index in [0.29, 0.717) is 16.7 Å². The van der Waals surface area contributed by atoms with E-state index >= 15 is 0 Å². The first-order chi connectivity index (χ1) is 12.5. The normalized spacial score (nSPS) is 11.5. The van der Waals surface area contributed by atoms with E-state index in [9.17, 15) is 4.79 Å². The molecule has 3 aromatic rings.